The second-order valence-corrected chi connectivity index (χ2v) is 4.94. The highest BCUT2D eigenvalue weighted by atomic mass is 19.1. The Bertz CT molecular complexity index is 513. The van der Waals surface area contributed by atoms with Crippen LogP contribution in [0.4, 0.5) is 9.18 Å². The number of carbonyl (C=O) groups is 1. The van der Waals surface area contributed by atoms with Crippen molar-refractivity contribution < 1.29 is 9.18 Å². The summed E-state index contributed by atoms with van der Waals surface area (Å²) in [6.07, 6.45) is 5.71. The maximum Gasteiger partial charge on any atom is 0.315 e. The van der Waals surface area contributed by atoms with Crippen molar-refractivity contribution in [1.82, 2.24) is 10.6 Å². The summed E-state index contributed by atoms with van der Waals surface area (Å²) in [5.41, 5.74) is 0.349. The van der Waals surface area contributed by atoms with Crippen LogP contribution in [-0.2, 0) is 0 Å². The lowest BCUT2D eigenvalue weighted by Crippen LogP contribution is -2.42. The third-order valence-corrected chi connectivity index (χ3v) is 3.37. The number of rotatable bonds is 2. The first-order chi connectivity index (χ1) is 9.75. The molecule has 1 aliphatic carbocycles. The number of nitrogens with one attached hydrogen (secondary N) is 2. The topological polar surface area (TPSA) is 41.1 Å². The zero-order valence-corrected chi connectivity index (χ0v) is 11.4. The minimum absolute atomic E-state index is 0.195. The number of urea groups is 1. The molecule has 0 bridgehead atoms. The van der Waals surface area contributed by atoms with Crippen molar-refractivity contribution in [3.8, 4) is 11.8 Å². The molecule has 3 nitrogen and oxygen atoms in total. The third-order valence-electron chi connectivity index (χ3n) is 3.37. The van der Waals surface area contributed by atoms with Crippen LogP contribution >= 0.6 is 0 Å². The van der Waals surface area contributed by atoms with Crippen LogP contribution < -0.4 is 10.6 Å². The highest BCUT2D eigenvalue weighted by Gasteiger charge is 2.14. The van der Waals surface area contributed by atoms with E-state index in [1.165, 1.54) is 25.3 Å². The monoisotopic (exact) mass is 274 g/mol. The molecule has 1 aromatic rings. The van der Waals surface area contributed by atoms with Crippen molar-refractivity contribution in [2.45, 2.75) is 38.1 Å². The van der Waals surface area contributed by atoms with Gasteiger partial charge in [0.15, 0.2) is 0 Å². The Kier molecular flexibility index (Phi) is 5.43. The first kappa shape index (κ1) is 14.4. The SMILES string of the molecule is O=C(NCC#Cc1ccccc1F)NC1CCCCC1. The summed E-state index contributed by atoms with van der Waals surface area (Å²) < 4.78 is 13.3. The van der Waals surface area contributed by atoms with Gasteiger partial charge in [-0.05, 0) is 25.0 Å². The Morgan fingerprint density at radius 2 is 2.00 bits per heavy atom. The maximum absolute atomic E-state index is 13.3. The third kappa shape index (κ3) is 4.58. The van der Waals surface area contributed by atoms with Crippen LogP contribution in [0.3, 0.4) is 0 Å². The van der Waals surface area contributed by atoms with Crippen LogP contribution in [-0.4, -0.2) is 18.6 Å². The summed E-state index contributed by atoms with van der Waals surface area (Å²) >= 11 is 0. The molecule has 0 spiro atoms. The summed E-state index contributed by atoms with van der Waals surface area (Å²) in [6.45, 7) is 0.215. The average molecular weight is 274 g/mol. The van der Waals surface area contributed by atoms with Crippen LogP contribution in [0.2, 0.25) is 0 Å². The normalized spacial score (nSPS) is 15.1. The fourth-order valence-corrected chi connectivity index (χ4v) is 2.31. The predicted molar refractivity (Wildman–Crippen MR) is 76.7 cm³/mol. The van der Waals surface area contributed by atoms with E-state index in [4.69, 9.17) is 0 Å². The minimum atomic E-state index is -0.341. The van der Waals surface area contributed by atoms with Crippen molar-refractivity contribution in [1.29, 1.82) is 0 Å². The molecule has 106 valence electrons. The fourth-order valence-electron chi connectivity index (χ4n) is 2.31. The maximum atomic E-state index is 13.3. The molecule has 2 N–H and O–H groups in total. The Morgan fingerprint density at radius 3 is 2.75 bits per heavy atom. The lowest BCUT2D eigenvalue weighted by molar-refractivity contribution is 0.234. The average Bonchev–Trinajstić information content (AvgIpc) is 2.46. The molecule has 0 heterocycles. The van der Waals surface area contributed by atoms with E-state index in [1.807, 2.05) is 0 Å². The van der Waals surface area contributed by atoms with Crippen molar-refractivity contribution in [3.05, 3.63) is 35.6 Å². The summed E-state index contributed by atoms with van der Waals surface area (Å²) in [5.74, 6) is 5.11. The molecule has 1 aromatic carbocycles. The largest absolute Gasteiger partial charge is 0.335 e. The lowest BCUT2D eigenvalue weighted by atomic mass is 9.96. The van der Waals surface area contributed by atoms with Crippen LogP contribution in [0.1, 0.15) is 37.7 Å². The van der Waals surface area contributed by atoms with Gasteiger partial charge in [-0.1, -0.05) is 43.2 Å². The Labute approximate surface area is 119 Å². The van der Waals surface area contributed by atoms with Crippen LogP contribution in [0, 0.1) is 17.7 Å². The van der Waals surface area contributed by atoms with Crippen LogP contribution in [0.15, 0.2) is 24.3 Å². The molecule has 0 aromatic heterocycles. The van der Waals surface area contributed by atoms with E-state index < -0.39 is 0 Å². The van der Waals surface area contributed by atoms with Gasteiger partial charge in [-0.15, -0.1) is 0 Å². The highest BCUT2D eigenvalue weighted by molar-refractivity contribution is 5.74. The second kappa shape index (κ2) is 7.54. The van der Waals surface area contributed by atoms with Crippen LogP contribution in [0.25, 0.3) is 0 Å². The van der Waals surface area contributed by atoms with E-state index in [-0.39, 0.29) is 24.4 Å². The minimum Gasteiger partial charge on any atom is -0.335 e. The molecule has 1 saturated carbocycles. The molecule has 1 fully saturated rings. The van der Waals surface area contributed by atoms with Gasteiger partial charge in [0.05, 0.1) is 12.1 Å². The number of hydrogen-bond donors (Lipinski definition) is 2. The second-order valence-electron chi connectivity index (χ2n) is 4.94. The summed E-state index contributed by atoms with van der Waals surface area (Å²) in [4.78, 5) is 11.6. The van der Waals surface area contributed by atoms with E-state index in [2.05, 4.69) is 22.5 Å². The zero-order valence-electron chi connectivity index (χ0n) is 11.4. The first-order valence-corrected chi connectivity index (χ1v) is 7.03. The summed E-state index contributed by atoms with van der Waals surface area (Å²) in [7, 11) is 0. The van der Waals surface area contributed by atoms with E-state index >= 15 is 0 Å². The van der Waals surface area contributed by atoms with E-state index in [1.54, 1.807) is 18.2 Å². The van der Waals surface area contributed by atoms with Crippen molar-refractivity contribution >= 4 is 6.03 Å². The van der Waals surface area contributed by atoms with Crippen molar-refractivity contribution in [2.24, 2.45) is 0 Å². The lowest BCUT2D eigenvalue weighted by Gasteiger charge is -2.22. The number of halogens is 1. The van der Waals surface area contributed by atoms with Gasteiger partial charge in [-0.3, -0.25) is 0 Å². The summed E-state index contributed by atoms with van der Waals surface area (Å²) in [5, 5.41) is 5.61. The van der Waals surface area contributed by atoms with Crippen molar-refractivity contribution in [3.63, 3.8) is 0 Å². The molecule has 2 amide bonds. The molecule has 0 unspecified atom stereocenters. The molecule has 1 aliphatic rings. The summed E-state index contributed by atoms with van der Waals surface area (Å²) in [6, 6.07) is 6.42. The van der Waals surface area contributed by atoms with E-state index in [0.717, 1.165) is 12.8 Å². The standard InChI is InChI=1S/C16H19FN2O/c17-15-11-5-4-7-13(15)8-6-12-18-16(20)19-14-9-2-1-3-10-14/h4-5,7,11,14H,1-3,9-10,12H2,(H2,18,19,20). The molecular formula is C16H19FN2O. The predicted octanol–water partition coefficient (Wildman–Crippen LogP) is 2.81. The van der Waals surface area contributed by atoms with Gasteiger partial charge >= 0.3 is 6.03 Å². The van der Waals surface area contributed by atoms with Gasteiger partial charge in [0.1, 0.15) is 5.82 Å². The van der Waals surface area contributed by atoms with E-state index in [9.17, 15) is 9.18 Å². The number of amides is 2. The number of hydrogen-bond acceptors (Lipinski definition) is 1. The highest BCUT2D eigenvalue weighted by Crippen LogP contribution is 2.17. The smallest absolute Gasteiger partial charge is 0.315 e. The van der Waals surface area contributed by atoms with Gasteiger partial charge in [0.2, 0.25) is 0 Å². The van der Waals surface area contributed by atoms with Gasteiger partial charge < -0.3 is 10.6 Å². The first-order valence-electron chi connectivity index (χ1n) is 7.03. The zero-order chi connectivity index (χ0) is 14.2. The van der Waals surface area contributed by atoms with Crippen molar-refractivity contribution in [2.75, 3.05) is 6.54 Å². The molecule has 0 radical (unpaired) electrons. The molecule has 4 heteroatoms. The quantitative estimate of drug-likeness (QED) is 0.800. The molecule has 20 heavy (non-hydrogen) atoms. The molecular weight excluding hydrogens is 255 g/mol. The van der Waals surface area contributed by atoms with Gasteiger partial charge in [0.25, 0.3) is 0 Å². The van der Waals surface area contributed by atoms with E-state index in [0.29, 0.717) is 5.56 Å². The van der Waals surface area contributed by atoms with Gasteiger partial charge in [-0.25, -0.2) is 9.18 Å². The van der Waals surface area contributed by atoms with Crippen LogP contribution in [0.5, 0.6) is 0 Å². The number of carbonyl (C=O) groups excluding carboxylic acids is 1. The molecule has 0 aliphatic heterocycles. The molecule has 0 atom stereocenters. The Morgan fingerprint density at radius 1 is 1.25 bits per heavy atom. The molecule has 0 saturated heterocycles. The Hall–Kier alpha value is -2.02. The van der Waals surface area contributed by atoms with Gasteiger partial charge in [0, 0.05) is 6.04 Å². The Balaban J connectivity index is 1.73. The number of benzene rings is 1. The molecule has 2 rings (SSSR count). The van der Waals surface area contributed by atoms with Gasteiger partial charge in [-0.2, -0.15) is 0 Å². The fraction of sp³-hybridized carbons (Fsp3) is 0.438.